The summed E-state index contributed by atoms with van der Waals surface area (Å²) in [5.74, 6) is 1.59. The van der Waals surface area contributed by atoms with Gasteiger partial charge in [-0.1, -0.05) is 30.3 Å². The van der Waals surface area contributed by atoms with Crippen LogP contribution in [-0.2, 0) is 6.54 Å². The van der Waals surface area contributed by atoms with E-state index in [2.05, 4.69) is 15.4 Å². The average molecular weight is 308 g/mol. The van der Waals surface area contributed by atoms with Crippen LogP contribution in [0, 0.1) is 0 Å². The Morgan fingerprint density at radius 1 is 1.09 bits per heavy atom. The van der Waals surface area contributed by atoms with Gasteiger partial charge in [0.05, 0.1) is 0 Å². The zero-order valence-electron chi connectivity index (χ0n) is 12.0. The highest BCUT2D eigenvalue weighted by Gasteiger charge is 2.17. The summed E-state index contributed by atoms with van der Waals surface area (Å²) in [6.45, 7) is 0.192. The molecule has 0 aliphatic carbocycles. The topological polar surface area (TPSA) is 79.1 Å². The Kier molecular flexibility index (Phi) is 3.23. The molecule has 0 bridgehead atoms. The highest BCUT2D eigenvalue weighted by atomic mass is 16.7. The van der Waals surface area contributed by atoms with Crippen LogP contribution in [-0.4, -0.2) is 32.8 Å². The summed E-state index contributed by atoms with van der Waals surface area (Å²) in [7, 11) is 0. The zero-order chi connectivity index (χ0) is 15.6. The first kappa shape index (κ1) is 13.4. The molecule has 0 radical (unpaired) electrons. The predicted octanol–water partition coefficient (Wildman–Crippen LogP) is 1.95. The zero-order valence-corrected chi connectivity index (χ0v) is 12.0. The molecular formula is C16H12N4O3. The van der Waals surface area contributed by atoms with Gasteiger partial charge in [-0.3, -0.25) is 4.79 Å². The Morgan fingerprint density at radius 3 is 2.78 bits per heavy atom. The quantitative estimate of drug-likeness (QED) is 0.685. The molecule has 0 saturated heterocycles. The first-order valence-electron chi connectivity index (χ1n) is 7.06. The standard InChI is InChI=1S/C16H12N4O3/c21-13(12-6-7-14-15(8-12)23-10-22-14)9-20-18-16(17-19-20)11-4-2-1-3-5-11/h1-8H,9-10H2. The minimum Gasteiger partial charge on any atom is -0.454 e. The van der Waals surface area contributed by atoms with E-state index >= 15 is 0 Å². The fourth-order valence-corrected chi connectivity index (χ4v) is 2.30. The number of aromatic nitrogens is 4. The SMILES string of the molecule is O=C(Cn1nnc(-c2ccccc2)n1)c1ccc2c(c1)OCO2. The first-order valence-corrected chi connectivity index (χ1v) is 7.06. The lowest BCUT2D eigenvalue weighted by molar-refractivity contribution is 0.0961. The van der Waals surface area contributed by atoms with Crippen molar-refractivity contribution >= 4 is 5.78 Å². The number of nitrogens with zero attached hydrogens (tertiary/aromatic N) is 4. The fraction of sp³-hybridized carbons (Fsp3) is 0.125. The maximum absolute atomic E-state index is 12.3. The summed E-state index contributed by atoms with van der Waals surface area (Å²) in [4.78, 5) is 13.6. The van der Waals surface area contributed by atoms with Crippen LogP contribution in [0.5, 0.6) is 11.5 Å². The van der Waals surface area contributed by atoms with Gasteiger partial charge in [-0.2, -0.15) is 4.80 Å². The summed E-state index contributed by atoms with van der Waals surface area (Å²) >= 11 is 0. The Bertz CT molecular complexity index is 861. The van der Waals surface area contributed by atoms with Crippen molar-refractivity contribution in [1.82, 2.24) is 20.2 Å². The second-order valence-corrected chi connectivity index (χ2v) is 5.00. The van der Waals surface area contributed by atoms with E-state index in [1.165, 1.54) is 4.80 Å². The van der Waals surface area contributed by atoms with Gasteiger partial charge in [-0.15, -0.1) is 10.2 Å². The van der Waals surface area contributed by atoms with Crippen molar-refractivity contribution in [3.8, 4) is 22.9 Å². The number of tetrazole rings is 1. The number of carbonyl (C=O) groups excluding carboxylic acids is 1. The molecule has 0 saturated carbocycles. The van der Waals surface area contributed by atoms with Gasteiger partial charge >= 0.3 is 0 Å². The highest BCUT2D eigenvalue weighted by molar-refractivity contribution is 5.96. The molecule has 0 atom stereocenters. The van der Waals surface area contributed by atoms with Crippen LogP contribution >= 0.6 is 0 Å². The van der Waals surface area contributed by atoms with Crippen molar-refractivity contribution in [1.29, 1.82) is 0 Å². The molecule has 4 rings (SSSR count). The molecular weight excluding hydrogens is 296 g/mol. The summed E-state index contributed by atoms with van der Waals surface area (Å²) in [5.41, 5.74) is 1.38. The molecule has 1 aliphatic rings. The van der Waals surface area contributed by atoms with E-state index in [1.807, 2.05) is 30.3 Å². The minimum atomic E-state index is -0.125. The van der Waals surface area contributed by atoms with E-state index < -0.39 is 0 Å². The summed E-state index contributed by atoms with van der Waals surface area (Å²) in [6, 6.07) is 14.6. The Labute approximate surface area is 131 Å². The van der Waals surface area contributed by atoms with Gasteiger partial charge in [0, 0.05) is 11.1 Å². The Balaban J connectivity index is 1.52. The van der Waals surface area contributed by atoms with Gasteiger partial charge < -0.3 is 9.47 Å². The molecule has 0 amide bonds. The van der Waals surface area contributed by atoms with Crippen molar-refractivity contribution in [2.45, 2.75) is 6.54 Å². The van der Waals surface area contributed by atoms with E-state index in [0.29, 0.717) is 22.9 Å². The van der Waals surface area contributed by atoms with Gasteiger partial charge in [0.1, 0.15) is 6.54 Å². The number of ketones is 1. The maximum Gasteiger partial charge on any atom is 0.231 e. The van der Waals surface area contributed by atoms with Crippen LogP contribution in [0.25, 0.3) is 11.4 Å². The second-order valence-electron chi connectivity index (χ2n) is 5.00. The summed E-state index contributed by atoms with van der Waals surface area (Å²) < 4.78 is 10.5. The Hall–Kier alpha value is -3.22. The molecule has 0 unspecified atom stereocenters. The predicted molar refractivity (Wildman–Crippen MR) is 80.1 cm³/mol. The smallest absolute Gasteiger partial charge is 0.231 e. The first-order chi connectivity index (χ1) is 11.3. The van der Waals surface area contributed by atoms with E-state index in [-0.39, 0.29) is 19.1 Å². The summed E-state index contributed by atoms with van der Waals surface area (Å²) in [6.07, 6.45) is 0. The van der Waals surface area contributed by atoms with E-state index in [4.69, 9.17) is 9.47 Å². The highest BCUT2D eigenvalue weighted by Crippen LogP contribution is 2.32. The molecule has 3 aromatic rings. The normalized spacial score (nSPS) is 12.3. The molecule has 0 spiro atoms. The van der Waals surface area contributed by atoms with Gasteiger partial charge in [-0.25, -0.2) is 0 Å². The number of benzene rings is 2. The molecule has 7 heteroatoms. The van der Waals surface area contributed by atoms with E-state index in [9.17, 15) is 4.79 Å². The molecule has 2 heterocycles. The lowest BCUT2D eigenvalue weighted by Crippen LogP contribution is -2.13. The van der Waals surface area contributed by atoms with Crippen LogP contribution < -0.4 is 9.47 Å². The number of hydrogen-bond donors (Lipinski definition) is 0. The summed E-state index contributed by atoms with van der Waals surface area (Å²) in [5, 5.41) is 12.1. The van der Waals surface area contributed by atoms with E-state index in [0.717, 1.165) is 5.56 Å². The van der Waals surface area contributed by atoms with Crippen LogP contribution in [0.4, 0.5) is 0 Å². The third-order valence-electron chi connectivity index (χ3n) is 3.46. The molecule has 114 valence electrons. The van der Waals surface area contributed by atoms with Gasteiger partial charge in [0.2, 0.25) is 12.6 Å². The van der Waals surface area contributed by atoms with Crippen LogP contribution in [0.3, 0.4) is 0 Å². The largest absolute Gasteiger partial charge is 0.454 e. The molecule has 23 heavy (non-hydrogen) atoms. The number of Topliss-reactive ketones (excluding diaryl/α,β-unsaturated/α-hetero) is 1. The molecule has 1 aromatic heterocycles. The van der Waals surface area contributed by atoms with Gasteiger partial charge in [0.25, 0.3) is 0 Å². The molecule has 7 nitrogen and oxygen atoms in total. The van der Waals surface area contributed by atoms with Crippen LogP contribution in [0.15, 0.2) is 48.5 Å². The Morgan fingerprint density at radius 2 is 1.91 bits per heavy atom. The third kappa shape index (κ3) is 2.64. The molecule has 0 fully saturated rings. The van der Waals surface area contributed by atoms with Crippen LogP contribution in [0.1, 0.15) is 10.4 Å². The molecule has 2 aromatic carbocycles. The second kappa shape index (κ2) is 5.53. The van der Waals surface area contributed by atoms with Crippen LogP contribution in [0.2, 0.25) is 0 Å². The van der Waals surface area contributed by atoms with Crippen molar-refractivity contribution in [2.75, 3.05) is 6.79 Å². The van der Waals surface area contributed by atoms with Crippen molar-refractivity contribution in [3.05, 3.63) is 54.1 Å². The van der Waals surface area contributed by atoms with E-state index in [1.54, 1.807) is 18.2 Å². The number of hydrogen-bond acceptors (Lipinski definition) is 6. The van der Waals surface area contributed by atoms with Gasteiger partial charge in [0.15, 0.2) is 17.3 Å². The van der Waals surface area contributed by atoms with Crippen molar-refractivity contribution in [2.24, 2.45) is 0 Å². The number of fused-ring (bicyclic) bond motifs is 1. The molecule has 1 aliphatic heterocycles. The average Bonchev–Trinajstić information content (AvgIpc) is 3.24. The van der Waals surface area contributed by atoms with Gasteiger partial charge in [-0.05, 0) is 23.4 Å². The van der Waals surface area contributed by atoms with Crippen molar-refractivity contribution < 1.29 is 14.3 Å². The van der Waals surface area contributed by atoms with Crippen molar-refractivity contribution in [3.63, 3.8) is 0 Å². The minimum absolute atomic E-state index is 0.0134. The lowest BCUT2D eigenvalue weighted by atomic mass is 10.1. The monoisotopic (exact) mass is 308 g/mol. The number of carbonyl (C=O) groups is 1. The third-order valence-corrected chi connectivity index (χ3v) is 3.46. The molecule has 0 N–H and O–H groups in total. The lowest BCUT2D eigenvalue weighted by Gasteiger charge is -2.01. The maximum atomic E-state index is 12.3. The fourth-order valence-electron chi connectivity index (χ4n) is 2.30. The number of ether oxygens (including phenoxy) is 2. The number of rotatable bonds is 4.